The Hall–Kier alpha value is -4.10. The van der Waals surface area contributed by atoms with Gasteiger partial charge in [-0.3, -0.25) is 14.4 Å². The summed E-state index contributed by atoms with van der Waals surface area (Å²) in [6, 6.07) is 0. The van der Waals surface area contributed by atoms with Gasteiger partial charge in [-0.15, -0.1) is 0 Å². The van der Waals surface area contributed by atoms with Crippen molar-refractivity contribution in [2.75, 3.05) is 13.2 Å². The van der Waals surface area contributed by atoms with Gasteiger partial charge in [-0.2, -0.15) is 0 Å². The first-order chi connectivity index (χ1) is 33.6. The molecule has 6 atom stereocenters. The summed E-state index contributed by atoms with van der Waals surface area (Å²) >= 11 is 0. The topological polar surface area (TPSA) is 175 Å². The second-order valence-electron chi connectivity index (χ2n) is 17.8. The van der Waals surface area contributed by atoms with Gasteiger partial charge >= 0.3 is 23.9 Å². The van der Waals surface area contributed by atoms with E-state index in [1.165, 1.54) is 38.5 Å². The molecule has 0 bridgehead atoms. The highest BCUT2D eigenvalue weighted by atomic mass is 16.7. The maximum atomic E-state index is 13.0. The number of unbranched alkanes of at least 4 members (excludes halogenated alkanes) is 15. The van der Waals surface area contributed by atoms with E-state index >= 15 is 0 Å². The average Bonchev–Trinajstić information content (AvgIpc) is 3.33. The molecule has 1 fully saturated rings. The molecular formula is C57H92O12. The molecule has 1 aliphatic rings. The fourth-order valence-electron chi connectivity index (χ4n) is 7.37. The van der Waals surface area contributed by atoms with Gasteiger partial charge in [0.05, 0.1) is 6.61 Å². The third kappa shape index (κ3) is 35.6. The molecular weight excluding hydrogens is 877 g/mol. The number of hydrogen-bond acceptors (Lipinski definition) is 11. The van der Waals surface area contributed by atoms with Crippen molar-refractivity contribution in [1.29, 1.82) is 0 Å². The Kier molecular flexibility index (Phi) is 41.1. The van der Waals surface area contributed by atoms with Crippen molar-refractivity contribution in [3.63, 3.8) is 0 Å². The van der Waals surface area contributed by atoms with Crippen LogP contribution in [0, 0.1) is 0 Å². The molecule has 69 heavy (non-hydrogen) atoms. The monoisotopic (exact) mass is 969 g/mol. The zero-order chi connectivity index (χ0) is 50.4. The van der Waals surface area contributed by atoms with Crippen molar-refractivity contribution in [2.45, 2.75) is 237 Å². The highest BCUT2D eigenvalue weighted by Gasteiger charge is 2.50. The Morgan fingerprint density at radius 2 is 0.957 bits per heavy atom. The number of ether oxygens (including phenoxy) is 5. The maximum Gasteiger partial charge on any atom is 0.335 e. The molecule has 0 radical (unpaired) electrons. The van der Waals surface area contributed by atoms with Crippen molar-refractivity contribution in [1.82, 2.24) is 0 Å². The first-order valence-electron chi connectivity index (χ1n) is 26.6. The van der Waals surface area contributed by atoms with E-state index in [9.17, 15) is 34.5 Å². The third-order valence-corrected chi connectivity index (χ3v) is 11.5. The summed E-state index contributed by atoms with van der Waals surface area (Å²) in [6.45, 7) is 5.70. The van der Waals surface area contributed by atoms with Crippen LogP contribution >= 0.6 is 0 Å². The highest BCUT2D eigenvalue weighted by molar-refractivity contribution is 5.74. The second-order valence-corrected chi connectivity index (χ2v) is 17.8. The van der Waals surface area contributed by atoms with Gasteiger partial charge in [0.1, 0.15) is 18.8 Å². The molecule has 1 aliphatic heterocycles. The van der Waals surface area contributed by atoms with E-state index in [2.05, 4.69) is 93.7 Å². The molecule has 1 heterocycles. The number of carboxylic acid groups (broad SMARTS) is 1. The number of carbonyl (C=O) groups is 4. The number of carbonyl (C=O) groups excluding carboxylic acids is 3. The largest absolute Gasteiger partial charge is 0.479 e. The highest BCUT2D eigenvalue weighted by Crippen LogP contribution is 2.26. The Balaban J connectivity index is 2.75. The van der Waals surface area contributed by atoms with E-state index in [4.69, 9.17) is 23.7 Å². The molecule has 0 aromatic carbocycles. The van der Waals surface area contributed by atoms with Crippen LogP contribution in [0.4, 0.5) is 0 Å². The van der Waals surface area contributed by atoms with Crippen molar-refractivity contribution in [3.8, 4) is 0 Å². The molecule has 1 rings (SSSR count). The van der Waals surface area contributed by atoms with Crippen LogP contribution in [0.2, 0.25) is 0 Å². The fraction of sp³-hybridized carbons (Fsp3) is 0.684. The molecule has 0 saturated carbocycles. The van der Waals surface area contributed by atoms with E-state index in [-0.39, 0.29) is 25.9 Å². The van der Waals surface area contributed by atoms with Gasteiger partial charge in [-0.1, -0.05) is 189 Å². The zero-order valence-corrected chi connectivity index (χ0v) is 42.8. The first kappa shape index (κ1) is 62.9. The normalized spacial score (nSPS) is 19.3. The number of carboxylic acids is 1. The molecule has 12 nitrogen and oxygen atoms in total. The lowest BCUT2D eigenvalue weighted by Gasteiger charge is -2.40. The SMILES string of the molecule is CC/C=C\C/C=C\C/C=C\C/C=C\C/C=C\C/C=C\CCC(=O)OCC(COC1OC(C(=O)O)C(O)C(O)C1OC(=O)CCCCCCCCCCC)OC(=O)CCCCCCC/C=C\CCCC. The van der Waals surface area contributed by atoms with Crippen LogP contribution in [0.3, 0.4) is 0 Å². The fourth-order valence-corrected chi connectivity index (χ4v) is 7.37. The minimum absolute atomic E-state index is 0.0507. The Bertz CT molecular complexity index is 1530. The average molecular weight is 969 g/mol. The minimum Gasteiger partial charge on any atom is -0.479 e. The van der Waals surface area contributed by atoms with Gasteiger partial charge < -0.3 is 39.0 Å². The van der Waals surface area contributed by atoms with E-state index in [0.717, 1.165) is 103 Å². The van der Waals surface area contributed by atoms with E-state index in [0.29, 0.717) is 19.3 Å². The molecule has 1 saturated heterocycles. The summed E-state index contributed by atoms with van der Waals surface area (Å²) in [6.07, 6.45) is 44.6. The van der Waals surface area contributed by atoms with Crippen LogP contribution in [0.15, 0.2) is 85.1 Å². The first-order valence-corrected chi connectivity index (χ1v) is 26.6. The zero-order valence-electron chi connectivity index (χ0n) is 42.8. The molecule has 0 aromatic heterocycles. The van der Waals surface area contributed by atoms with Gasteiger partial charge in [0.2, 0.25) is 0 Å². The molecule has 12 heteroatoms. The number of rotatable bonds is 43. The Morgan fingerprint density at radius 3 is 1.49 bits per heavy atom. The summed E-state index contributed by atoms with van der Waals surface area (Å²) in [5.41, 5.74) is 0. The summed E-state index contributed by atoms with van der Waals surface area (Å²) in [5.74, 6) is -3.25. The number of hydrogen-bond donors (Lipinski definition) is 3. The van der Waals surface area contributed by atoms with Crippen LogP contribution in [0.1, 0.15) is 201 Å². The third-order valence-electron chi connectivity index (χ3n) is 11.5. The summed E-state index contributed by atoms with van der Waals surface area (Å²) in [5, 5.41) is 31.3. The number of aliphatic hydroxyl groups is 2. The van der Waals surface area contributed by atoms with Crippen molar-refractivity contribution < 1.29 is 58.2 Å². The van der Waals surface area contributed by atoms with Crippen molar-refractivity contribution in [2.24, 2.45) is 0 Å². The van der Waals surface area contributed by atoms with Crippen LogP contribution in [0.25, 0.3) is 0 Å². The van der Waals surface area contributed by atoms with Gasteiger partial charge in [0, 0.05) is 19.3 Å². The summed E-state index contributed by atoms with van der Waals surface area (Å²) in [7, 11) is 0. The molecule has 0 amide bonds. The summed E-state index contributed by atoms with van der Waals surface area (Å²) < 4.78 is 28.1. The number of allylic oxidation sites excluding steroid dienone is 14. The predicted molar refractivity (Wildman–Crippen MR) is 275 cm³/mol. The molecule has 392 valence electrons. The Labute approximate surface area is 416 Å². The molecule has 3 N–H and O–H groups in total. The number of aliphatic hydroxyl groups excluding tert-OH is 2. The Morgan fingerprint density at radius 1 is 0.493 bits per heavy atom. The lowest BCUT2D eigenvalue weighted by Crippen LogP contribution is -2.61. The van der Waals surface area contributed by atoms with Crippen LogP contribution in [0.5, 0.6) is 0 Å². The van der Waals surface area contributed by atoms with Crippen LogP contribution in [-0.4, -0.2) is 89.2 Å². The van der Waals surface area contributed by atoms with Crippen molar-refractivity contribution in [3.05, 3.63) is 85.1 Å². The predicted octanol–water partition coefficient (Wildman–Crippen LogP) is 12.8. The van der Waals surface area contributed by atoms with Gasteiger partial charge in [-0.25, -0.2) is 4.79 Å². The smallest absolute Gasteiger partial charge is 0.335 e. The number of esters is 3. The van der Waals surface area contributed by atoms with Gasteiger partial charge in [0.15, 0.2) is 24.6 Å². The maximum absolute atomic E-state index is 13.0. The lowest BCUT2D eigenvalue weighted by molar-refractivity contribution is -0.301. The van der Waals surface area contributed by atoms with E-state index < -0.39 is 67.3 Å². The lowest BCUT2D eigenvalue weighted by atomic mass is 9.98. The molecule has 0 spiro atoms. The molecule has 6 unspecified atom stereocenters. The van der Waals surface area contributed by atoms with Crippen LogP contribution in [-0.2, 0) is 42.9 Å². The van der Waals surface area contributed by atoms with E-state index in [1.54, 1.807) is 0 Å². The summed E-state index contributed by atoms with van der Waals surface area (Å²) in [4.78, 5) is 50.7. The molecule has 0 aliphatic carbocycles. The van der Waals surface area contributed by atoms with Gasteiger partial charge in [0.25, 0.3) is 0 Å². The number of aliphatic carboxylic acids is 1. The quantitative estimate of drug-likeness (QED) is 0.0229. The van der Waals surface area contributed by atoms with Gasteiger partial charge in [-0.05, 0) is 77.0 Å². The van der Waals surface area contributed by atoms with E-state index in [1.807, 2.05) is 12.2 Å². The second kappa shape index (κ2) is 45.1. The van der Waals surface area contributed by atoms with Crippen molar-refractivity contribution >= 4 is 23.9 Å². The minimum atomic E-state index is -1.91. The van der Waals surface area contributed by atoms with Crippen LogP contribution < -0.4 is 0 Å². The molecule has 0 aromatic rings. The standard InChI is InChI=1S/C57H92O12/c1-4-7-10-13-16-19-21-22-23-24-25-26-27-28-30-32-34-37-40-43-49(58)65-46-48(67-50(59)44-41-38-36-33-29-20-17-14-11-8-5-2)47-66-57-55(53(62)52(61)54(69-57)56(63)64)68-51(60)45-42-39-35-31-18-15-12-9-6-3/h7,10,14,16-17,19,22-23,25-26,28,30,34,37,48,52-55,57,61-62H,4-6,8-9,11-13,15,18,20-21,24,27,29,31-33,35-36,38-47H2,1-3H3,(H,63,64)/b10-7-,17-14-,19-16-,23-22-,26-25-,30-28-,37-34-.